The van der Waals surface area contributed by atoms with Crippen molar-refractivity contribution < 1.29 is 4.79 Å². The van der Waals surface area contributed by atoms with Crippen molar-refractivity contribution in [2.45, 2.75) is 58.2 Å². The molecule has 1 amide bonds. The zero-order valence-electron chi connectivity index (χ0n) is 15.9. The molecule has 1 aliphatic carbocycles. The molecule has 0 bridgehead atoms. The maximum absolute atomic E-state index is 12.5. The minimum atomic E-state index is -0.0766. The first-order valence-electron chi connectivity index (χ1n) is 9.19. The Morgan fingerprint density at radius 2 is 2.00 bits per heavy atom. The number of aromatic amines is 1. The van der Waals surface area contributed by atoms with E-state index in [9.17, 15) is 9.59 Å². The zero-order chi connectivity index (χ0) is 18.8. The second-order valence-electron chi connectivity index (χ2n) is 7.39. The number of rotatable bonds is 5. The third kappa shape index (κ3) is 4.14. The van der Waals surface area contributed by atoms with Gasteiger partial charge in [0, 0.05) is 18.0 Å². The van der Waals surface area contributed by atoms with Gasteiger partial charge < -0.3 is 9.88 Å². The molecule has 142 valence electrons. The number of carbonyl (C=O) groups is 1. The fourth-order valence-electron chi connectivity index (χ4n) is 3.54. The summed E-state index contributed by atoms with van der Waals surface area (Å²) in [5.41, 5.74) is 0.934. The van der Waals surface area contributed by atoms with E-state index in [1.165, 1.54) is 24.6 Å². The Morgan fingerprint density at radius 1 is 1.31 bits per heavy atom. The smallest absolute Gasteiger partial charge is 0.259 e. The number of thioether (sulfide) groups is 1. The largest absolute Gasteiger partial charge is 0.342 e. The number of aromatic nitrogens is 2. The molecule has 1 aliphatic rings. The van der Waals surface area contributed by atoms with E-state index < -0.39 is 0 Å². The molecule has 0 saturated heterocycles. The van der Waals surface area contributed by atoms with Crippen molar-refractivity contribution in [3.05, 3.63) is 26.6 Å². The van der Waals surface area contributed by atoms with Crippen LogP contribution in [0.1, 0.15) is 48.9 Å². The molecular weight excluding hydrogens is 366 g/mol. The Labute approximate surface area is 162 Å². The molecule has 0 aliphatic heterocycles. The van der Waals surface area contributed by atoms with Crippen molar-refractivity contribution in [1.82, 2.24) is 14.9 Å². The molecule has 0 unspecified atom stereocenters. The Kier molecular flexibility index (Phi) is 6.07. The van der Waals surface area contributed by atoms with Gasteiger partial charge in [0.25, 0.3) is 5.56 Å². The molecule has 2 aromatic rings. The number of thiophene rings is 1. The van der Waals surface area contributed by atoms with Crippen LogP contribution in [0.4, 0.5) is 0 Å². The van der Waals surface area contributed by atoms with E-state index in [-0.39, 0.29) is 11.5 Å². The van der Waals surface area contributed by atoms with Gasteiger partial charge in [0.05, 0.1) is 16.9 Å². The first-order chi connectivity index (χ1) is 12.4. The lowest BCUT2D eigenvalue weighted by atomic mass is 9.87. The highest BCUT2D eigenvalue weighted by Crippen LogP contribution is 2.28. The van der Waals surface area contributed by atoms with E-state index in [1.54, 1.807) is 11.3 Å². The second-order valence-corrected chi connectivity index (χ2v) is 9.58. The van der Waals surface area contributed by atoms with E-state index in [2.05, 4.69) is 16.9 Å². The summed E-state index contributed by atoms with van der Waals surface area (Å²) < 4.78 is 0. The van der Waals surface area contributed by atoms with Crippen molar-refractivity contribution in [3.8, 4) is 0 Å². The standard InChI is InChI=1S/C19H27N3O2S2/c1-11-5-7-14(8-6-11)22(4)16(23)10-25-9-15-20-18(24)17-12(2)13(3)26-19(17)21-15/h11,14H,5-10H2,1-4H3,(H,20,21,24). The summed E-state index contributed by atoms with van der Waals surface area (Å²) in [6.07, 6.45) is 4.63. The van der Waals surface area contributed by atoms with Crippen molar-refractivity contribution in [1.29, 1.82) is 0 Å². The molecule has 1 saturated carbocycles. The number of nitrogens with one attached hydrogen (secondary N) is 1. The minimum Gasteiger partial charge on any atom is -0.342 e. The zero-order valence-corrected chi connectivity index (χ0v) is 17.6. The van der Waals surface area contributed by atoms with Gasteiger partial charge in [-0.1, -0.05) is 6.92 Å². The van der Waals surface area contributed by atoms with Gasteiger partial charge in [0.15, 0.2) is 0 Å². The van der Waals surface area contributed by atoms with Gasteiger partial charge in [0.1, 0.15) is 10.7 Å². The van der Waals surface area contributed by atoms with E-state index in [0.717, 1.165) is 34.0 Å². The maximum atomic E-state index is 12.5. The Hall–Kier alpha value is -1.34. The quantitative estimate of drug-likeness (QED) is 0.837. The molecule has 2 aromatic heterocycles. The SMILES string of the molecule is Cc1sc2nc(CSCC(=O)N(C)C3CCC(C)CC3)[nH]c(=O)c2c1C. The van der Waals surface area contributed by atoms with Crippen molar-refractivity contribution >= 4 is 39.2 Å². The maximum Gasteiger partial charge on any atom is 0.259 e. The molecule has 3 rings (SSSR count). The van der Waals surface area contributed by atoms with Crippen LogP contribution in [0.15, 0.2) is 4.79 Å². The summed E-state index contributed by atoms with van der Waals surface area (Å²) in [6.45, 7) is 6.26. The average Bonchev–Trinajstić information content (AvgIpc) is 2.89. The van der Waals surface area contributed by atoms with Crippen LogP contribution >= 0.6 is 23.1 Å². The molecule has 0 radical (unpaired) electrons. The van der Waals surface area contributed by atoms with Crippen LogP contribution in [-0.4, -0.2) is 39.6 Å². The monoisotopic (exact) mass is 393 g/mol. The lowest BCUT2D eigenvalue weighted by Gasteiger charge is -2.33. The van der Waals surface area contributed by atoms with Crippen LogP contribution in [0.25, 0.3) is 10.2 Å². The molecule has 1 fully saturated rings. The predicted molar refractivity (Wildman–Crippen MR) is 110 cm³/mol. The second kappa shape index (κ2) is 8.13. The Morgan fingerprint density at radius 3 is 2.69 bits per heavy atom. The van der Waals surface area contributed by atoms with E-state index in [0.29, 0.717) is 28.8 Å². The van der Waals surface area contributed by atoms with Crippen molar-refractivity contribution in [2.75, 3.05) is 12.8 Å². The molecule has 7 heteroatoms. The van der Waals surface area contributed by atoms with Crippen LogP contribution < -0.4 is 5.56 Å². The normalized spacial score (nSPS) is 20.5. The number of aryl methyl sites for hydroxylation is 2. The lowest BCUT2D eigenvalue weighted by Crippen LogP contribution is -2.40. The Bertz CT molecular complexity index is 850. The Balaban J connectivity index is 1.57. The first-order valence-corrected chi connectivity index (χ1v) is 11.2. The van der Waals surface area contributed by atoms with Crippen LogP contribution in [0.3, 0.4) is 0 Å². The van der Waals surface area contributed by atoms with Gasteiger partial charge in [-0.05, 0) is 51.0 Å². The van der Waals surface area contributed by atoms with Crippen LogP contribution in [0, 0.1) is 19.8 Å². The van der Waals surface area contributed by atoms with Gasteiger partial charge in [-0.2, -0.15) is 0 Å². The number of fused-ring (bicyclic) bond motifs is 1. The fraction of sp³-hybridized carbons (Fsp3) is 0.632. The first kappa shape index (κ1) is 19.4. The van der Waals surface area contributed by atoms with E-state index >= 15 is 0 Å². The van der Waals surface area contributed by atoms with Gasteiger partial charge >= 0.3 is 0 Å². The molecule has 5 nitrogen and oxygen atoms in total. The third-order valence-electron chi connectivity index (χ3n) is 5.48. The predicted octanol–water partition coefficient (Wildman–Crippen LogP) is 3.87. The highest BCUT2D eigenvalue weighted by Gasteiger charge is 2.24. The topological polar surface area (TPSA) is 66.1 Å². The van der Waals surface area contributed by atoms with Crippen molar-refractivity contribution in [3.63, 3.8) is 0 Å². The number of hydrogen-bond donors (Lipinski definition) is 1. The molecule has 0 spiro atoms. The molecule has 0 atom stereocenters. The summed E-state index contributed by atoms with van der Waals surface area (Å²) in [5.74, 6) is 2.57. The molecule has 26 heavy (non-hydrogen) atoms. The number of amides is 1. The number of nitrogens with zero attached hydrogens (tertiary/aromatic N) is 2. The highest BCUT2D eigenvalue weighted by atomic mass is 32.2. The van der Waals surface area contributed by atoms with Crippen LogP contribution in [-0.2, 0) is 10.5 Å². The summed E-state index contributed by atoms with van der Waals surface area (Å²) >= 11 is 3.07. The third-order valence-corrected chi connectivity index (χ3v) is 7.51. The van der Waals surface area contributed by atoms with Gasteiger partial charge in [-0.3, -0.25) is 9.59 Å². The van der Waals surface area contributed by atoms with Crippen LogP contribution in [0.2, 0.25) is 0 Å². The van der Waals surface area contributed by atoms with Crippen LogP contribution in [0.5, 0.6) is 0 Å². The van der Waals surface area contributed by atoms with Gasteiger partial charge in [-0.15, -0.1) is 23.1 Å². The average molecular weight is 394 g/mol. The number of H-pyrrole nitrogens is 1. The molecular formula is C19H27N3O2S2. The van der Waals surface area contributed by atoms with Gasteiger partial charge in [-0.25, -0.2) is 4.98 Å². The fourth-order valence-corrected chi connectivity index (χ4v) is 5.40. The molecule has 1 N–H and O–H groups in total. The van der Waals surface area contributed by atoms with E-state index in [1.807, 2.05) is 25.8 Å². The lowest BCUT2D eigenvalue weighted by molar-refractivity contribution is -0.129. The summed E-state index contributed by atoms with van der Waals surface area (Å²) in [7, 11) is 1.92. The highest BCUT2D eigenvalue weighted by molar-refractivity contribution is 7.99. The summed E-state index contributed by atoms with van der Waals surface area (Å²) in [6, 6.07) is 0.380. The number of carbonyl (C=O) groups excluding carboxylic acids is 1. The molecule has 2 heterocycles. The molecule has 0 aromatic carbocycles. The van der Waals surface area contributed by atoms with Gasteiger partial charge in [0.2, 0.25) is 5.91 Å². The summed E-state index contributed by atoms with van der Waals surface area (Å²) in [5, 5.41) is 0.698. The summed E-state index contributed by atoms with van der Waals surface area (Å²) in [4.78, 5) is 36.0. The van der Waals surface area contributed by atoms with Crippen molar-refractivity contribution in [2.24, 2.45) is 5.92 Å². The number of hydrogen-bond acceptors (Lipinski definition) is 5. The minimum absolute atomic E-state index is 0.0766. The van der Waals surface area contributed by atoms with E-state index in [4.69, 9.17) is 0 Å².